The molecule has 0 saturated heterocycles. The van der Waals surface area contributed by atoms with Gasteiger partial charge in [-0.05, 0) is 13.8 Å². The zero-order valence-electron chi connectivity index (χ0n) is 13.3. The Morgan fingerprint density at radius 2 is 2.19 bits per heavy atom. The Bertz CT molecular complexity index is 538. The highest BCUT2D eigenvalue weighted by Gasteiger charge is 2.60. The Morgan fingerprint density at radius 3 is 2.67 bits per heavy atom. The minimum Gasteiger partial charge on any atom is -0.436 e. The number of nitrogens with zero attached hydrogens (tertiary/aromatic N) is 1. The summed E-state index contributed by atoms with van der Waals surface area (Å²) < 4.78 is 10.9. The summed E-state index contributed by atoms with van der Waals surface area (Å²) in [5.41, 5.74) is -0.814. The van der Waals surface area contributed by atoms with Crippen LogP contribution in [-0.2, 0) is 4.74 Å². The van der Waals surface area contributed by atoms with Crippen LogP contribution in [0.15, 0.2) is 4.42 Å². The number of aliphatic hydroxyl groups is 1. The normalized spacial score (nSPS) is 27.2. The molecular formula is C15H24N2O4. The molecule has 6 nitrogen and oxygen atoms in total. The zero-order chi connectivity index (χ0) is 15.8. The number of aromatic nitrogens is 1. The molecule has 1 aliphatic carbocycles. The van der Waals surface area contributed by atoms with Crippen molar-refractivity contribution in [2.75, 3.05) is 13.2 Å². The molecule has 0 spiro atoms. The first kappa shape index (κ1) is 16.0. The summed E-state index contributed by atoms with van der Waals surface area (Å²) in [7, 11) is 0. The molecule has 2 atom stereocenters. The van der Waals surface area contributed by atoms with E-state index in [2.05, 4.69) is 10.3 Å². The van der Waals surface area contributed by atoms with Crippen LogP contribution in [0.5, 0.6) is 0 Å². The van der Waals surface area contributed by atoms with E-state index in [1.54, 1.807) is 13.8 Å². The number of amides is 1. The van der Waals surface area contributed by atoms with Gasteiger partial charge in [0.25, 0.3) is 5.91 Å². The molecule has 0 aliphatic heterocycles. The Labute approximate surface area is 124 Å². The zero-order valence-corrected chi connectivity index (χ0v) is 13.3. The Kier molecular flexibility index (Phi) is 4.13. The van der Waals surface area contributed by atoms with E-state index in [0.29, 0.717) is 24.6 Å². The molecule has 0 bridgehead atoms. The van der Waals surface area contributed by atoms with Crippen molar-refractivity contribution in [1.29, 1.82) is 0 Å². The number of hydrogen-bond acceptors (Lipinski definition) is 5. The average molecular weight is 296 g/mol. The smallest absolute Gasteiger partial charge is 0.289 e. The van der Waals surface area contributed by atoms with Gasteiger partial charge in [-0.3, -0.25) is 4.79 Å². The number of ether oxygens (including phenoxy) is 1. The Morgan fingerprint density at radius 1 is 1.52 bits per heavy atom. The van der Waals surface area contributed by atoms with Gasteiger partial charge in [-0.2, -0.15) is 0 Å². The third kappa shape index (κ3) is 2.70. The molecule has 1 fully saturated rings. The summed E-state index contributed by atoms with van der Waals surface area (Å²) in [4.78, 5) is 16.2. The fourth-order valence-corrected chi connectivity index (χ4v) is 2.81. The van der Waals surface area contributed by atoms with Crippen molar-refractivity contribution < 1.29 is 19.1 Å². The van der Waals surface area contributed by atoms with Crippen LogP contribution in [0.1, 0.15) is 49.3 Å². The van der Waals surface area contributed by atoms with Crippen molar-refractivity contribution in [1.82, 2.24) is 10.3 Å². The Hall–Kier alpha value is -1.40. The fourth-order valence-electron chi connectivity index (χ4n) is 2.81. The summed E-state index contributed by atoms with van der Waals surface area (Å²) in [6.07, 6.45) is 0.529. The number of carbonyl (C=O) groups excluding carboxylic acids is 1. The monoisotopic (exact) mass is 296 g/mol. The highest BCUT2D eigenvalue weighted by molar-refractivity contribution is 5.92. The maximum absolute atomic E-state index is 12.1. The number of nitrogens with one attached hydrogen (secondary N) is 1. The van der Waals surface area contributed by atoms with Gasteiger partial charge in [0.1, 0.15) is 0 Å². The lowest BCUT2D eigenvalue weighted by molar-refractivity contribution is -0.237. The average Bonchev–Trinajstić information content (AvgIpc) is 2.75. The van der Waals surface area contributed by atoms with E-state index in [-0.39, 0.29) is 24.3 Å². The molecule has 1 aromatic heterocycles. The summed E-state index contributed by atoms with van der Waals surface area (Å²) in [5.74, 6) is 0.309. The fraction of sp³-hybridized carbons (Fsp3) is 0.733. The Balaban J connectivity index is 1.97. The largest absolute Gasteiger partial charge is 0.436 e. The van der Waals surface area contributed by atoms with Gasteiger partial charge in [-0.15, -0.1) is 0 Å². The molecule has 1 aliphatic rings. The van der Waals surface area contributed by atoms with Crippen LogP contribution in [0, 0.1) is 19.3 Å². The predicted octanol–water partition coefficient (Wildman–Crippen LogP) is 1.59. The van der Waals surface area contributed by atoms with Crippen LogP contribution < -0.4 is 5.32 Å². The van der Waals surface area contributed by atoms with E-state index >= 15 is 0 Å². The van der Waals surface area contributed by atoms with Gasteiger partial charge in [0, 0.05) is 31.9 Å². The SMILES string of the molecule is CCO[C@@H]1C[C@](O)(CNC(=O)c2oc(C)nc2C)C1(C)C. The molecule has 0 aromatic carbocycles. The quantitative estimate of drug-likeness (QED) is 0.862. The molecule has 0 radical (unpaired) electrons. The summed E-state index contributed by atoms with van der Waals surface area (Å²) in [6.45, 7) is 10.0. The molecule has 118 valence electrons. The number of aryl methyl sites for hydroxylation is 2. The maximum atomic E-state index is 12.1. The van der Waals surface area contributed by atoms with Gasteiger partial charge < -0.3 is 19.6 Å². The van der Waals surface area contributed by atoms with Crippen LogP contribution in [0.25, 0.3) is 0 Å². The molecule has 1 saturated carbocycles. The van der Waals surface area contributed by atoms with E-state index in [9.17, 15) is 9.90 Å². The molecule has 1 amide bonds. The van der Waals surface area contributed by atoms with Crippen molar-refractivity contribution >= 4 is 5.91 Å². The van der Waals surface area contributed by atoms with Crippen LogP contribution in [0.4, 0.5) is 0 Å². The molecule has 1 heterocycles. The van der Waals surface area contributed by atoms with Crippen molar-refractivity contribution in [3.63, 3.8) is 0 Å². The number of rotatable bonds is 5. The number of hydrogen-bond donors (Lipinski definition) is 2. The minimum atomic E-state index is -0.967. The first-order valence-corrected chi connectivity index (χ1v) is 7.27. The number of carbonyl (C=O) groups is 1. The highest BCUT2D eigenvalue weighted by Crippen LogP contribution is 2.50. The van der Waals surface area contributed by atoms with Gasteiger partial charge in [0.2, 0.25) is 5.76 Å². The van der Waals surface area contributed by atoms with Gasteiger partial charge in [0.15, 0.2) is 5.89 Å². The van der Waals surface area contributed by atoms with E-state index in [4.69, 9.17) is 9.15 Å². The van der Waals surface area contributed by atoms with Gasteiger partial charge in [0.05, 0.1) is 17.4 Å². The van der Waals surface area contributed by atoms with Crippen LogP contribution in [-0.4, -0.2) is 40.9 Å². The summed E-state index contributed by atoms with van der Waals surface area (Å²) in [5, 5.41) is 13.4. The minimum absolute atomic E-state index is 0.0127. The molecular weight excluding hydrogens is 272 g/mol. The van der Waals surface area contributed by atoms with Gasteiger partial charge >= 0.3 is 0 Å². The topological polar surface area (TPSA) is 84.6 Å². The molecule has 6 heteroatoms. The first-order chi connectivity index (χ1) is 9.71. The lowest BCUT2D eigenvalue weighted by Gasteiger charge is -2.57. The van der Waals surface area contributed by atoms with Crippen molar-refractivity contribution in [3.8, 4) is 0 Å². The van der Waals surface area contributed by atoms with Crippen LogP contribution in [0.2, 0.25) is 0 Å². The number of oxazole rings is 1. The lowest BCUT2D eigenvalue weighted by atomic mass is 9.56. The van der Waals surface area contributed by atoms with E-state index in [1.165, 1.54) is 0 Å². The molecule has 1 aromatic rings. The second-order valence-electron chi connectivity index (χ2n) is 6.23. The van der Waals surface area contributed by atoms with Crippen molar-refractivity contribution in [2.24, 2.45) is 5.41 Å². The molecule has 2 rings (SSSR count). The van der Waals surface area contributed by atoms with E-state index in [0.717, 1.165) is 0 Å². The van der Waals surface area contributed by atoms with Crippen LogP contribution >= 0.6 is 0 Å². The second-order valence-corrected chi connectivity index (χ2v) is 6.23. The first-order valence-electron chi connectivity index (χ1n) is 7.27. The second kappa shape index (κ2) is 5.42. The standard InChI is InChI=1S/C15H24N2O4/c1-6-20-11-7-15(19,14(11,4)5)8-16-13(18)12-9(2)17-10(3)21-12/h11,19H,6-8H2,1-5H3,(H,16,18)/t11-,15+/m1/s1. The van der Waals surface area contributed by atoms with E-state index in [1.807, 2.05) is 20.8 Å². The van der Waals surface area contributed by atoms with Crippen LogP contribution in [0.3, 0.4) is 0 Å². The lowest BCUT2D eigenvalue weighted by Crippen LogP contribution is -2.68. The highest BCUT2D eigenvalue weighted by atomic mass is 16.5. The van der Waals surface area contributed by atoms with Crippen molar-refractivity contribution in [2.45, 2.75) is 52.7 Å². The molecule has 21 heavy (non-hydrogen) atoms. The maximum Gasteiger partial charge on any atom is 0.289 e. The summed E-state index contributed by atoms with van der Waals surface area (Å²) in [6, 6.07) is 0. The van der Waals surface area contributed by atoms with E-state index < -0.39 is 11.0 Å². The van der Waals surface area contributed by atoms with Gasteiger partial charge in [-0.25, -0.2) is 4.98 Å². The van der Waals surface area contributed by atoms with Crippen molar-refractivity contribution in [3.05, 3.63) is 17.3 Å². The van der Waals surface area contributed by atoms with Gasteiger partial charge in [-0.1, -0.05) is 13.8 Å². The summed E-state index contributed by atoms with van der Waals surface area (Å²) >= 11 is 0. The molecule has 2 N–H and O–H groups in total. The third-order valence-corrected chi connectivity index (χ3v) is 4.55. The third-order valence-electron chi connectivity index (χ3n) is 4.55. The predicted molar refractivity (Wildman–Crippen MR) is 77.1 cm³/mol. The molecule has 0 unspecified atom stereocenters.